The summed E-state index contributed by atoms with van der Waals surface area (Å²) in [5.41, 5.74) is 0.909. The molecule has 5 nitrogen and oxygen atoms in total. The molecule has 2 N–H and O–H groups in total. The second kappa shape index (κ2) is 7.76. The van der Waals surface area contributed by atoms with Crippen LogP contribution in [0.25, 0.3) is 0 Å². The van der Waals surface area contributed by atoms with Gasteiger partial charge in [-0.3, -0.25) is 5.32 Å². The molecule has 1 aromatic carbocycles. The minimum atomic E-state index is -0.255. The molecule has 7 heteroatoms. The van der Waals surface area contributed by atoms with Gasteiger partial charge in [-0.25, -0.2) is 4.79 Å². The summed E-state index contributed by atoms with van der Waals surface area (Å²) in [5, 5.41) is 17.4. The fraction of sp³-hybridized carbons (Fsp3) is 0.278. The molecule has 0 aliphatic heterocycles. The molecular formula is C18H20N4OS2. The van der Waals surface area contributed by atoms with E-state index in [1.54, 1.807) is 11.3 Å². The van der Waals surface area contributed by atoms with Crippen molar-refractivity contribution in [1.82, 2.24) is 15.5 Å². The number of nitrogens with one attached hydrogen (secondary N) is 2. The number of carbonyl (C=O) groups excluding carboxylic acids is 1. The molecule has 0 unspecified atom stereocenters. The maximum absolute atomic E-state index is 12.0. The van der Waals surface area contributed by atoms with Crippen LogP contribution >= 0.6 is 22.7 Å². The molecule has 25 heavy (non-hydrogen) atoms. The van der Waals surface area contributed by atoms with Gasteiger partial charge in [-0.05, 0) is 37.3 Å². The number of benzene rings is 1. The van der Waals surface area contributed by atoms with E-state index in [-0.39, 0.29) is 11.4 Å². The molecule has 2 aromatic heterocycles. The van der Waals surface area contributed by atoms with Gasteiger partial charge in [0.1, 0.15) is 5.01 Å². The number of rotatable bonds is 6. The summed E-state index contributed by atoms with van der Waals surface area (Å²) < 4.78 is 0. The predicted molar refractivity (Wildman–Crippen MR) is 104 cm³/mol. The van der Waals surface area contributed by atoms with Crippen LogP contribution in [0.4, 0.5) is 9.93 Å². The molecule has 0 bridgehead atoms. The normalized spacial score (nSPS) is 11.3. The first-order valence-electron chi connectivity index (χ1n) is 8.02. The summed E-state index contributed by atoms with van der Waals surface area (Å²) in [7, 11) is 0. The van der Waals surface area contributed by atoms with Gasteiger partial charge in [0.2, 0.25) is 5.13 Å². The van der Waals surface area contributed by atoms with Crippen LogP contribution < -0.4 is 10.6 Å². The Hall–Kier alpha value is -2.25. The zero-order chi connectivity index (χ0) is 17.7. The monoisotopic (exact) mass is 372 g/mol. The number of anilines is 1. The van der Waals surface area contributed by atoms with Crippen molar-refractivity contribution in [2.24, 2.45) is 0 Å². The Bertz CT molecular complexity index is 813. The summed E-state index contributed by atoms with van der Waals surface area (Å²) in [5.74, 6) is 0. The average molecular weight is 373 g/mol. The smallest absolute Gasteiger partial charge is 0.321 e. The predicted octanol–water partition coefficient (Wildman–Crippen LogP) is 4.29. The molecule has 2 heterocycles. The van der Waals surface area contributed by atoms with Crippen molar-refractivity contribution in [2.75, 3.05) is 11.9 Å². The molecule has 0 saturated carbocycles. The minimum absolute atomic E-state index is 0.253. The van der Waals surface area contributed by atoms with E-state index < -0.39 is 0 Å². The number of urea groups is 1. The van der Waals surface area contributed by atoms with Crippen molar-refractivity contribution in [3.63, 3.8) is 0 Å². The molecule has 0 saturated heterocycles. The Morgan fingerprint density at radius 2 is 1.92 bits per heavy atom. The van der Waals surface area contributed by atoms with Gasteiger partial charge in [0, 0.05) is 16.8 Å². The van der Waals surface area contributed by atoms with E-state index in [9.17, 15) is 4.79 Å². The summed E-state index contributed by atoms with van der Waals surface area (Å²) in [4.78, 5) is 13.2. The Kier molecular flexibility index (Phi) is 5.45. The Balaban J connectivity index is 1.57. The highest BCUT2D eigenvalue weighted by Gasteiger charge is 2.27. The molecule has 2 amide bonds. The third-order valence-corrected chi connectivity index (χ3v) is 6.01. The van der Waals surface area contributed by atoms with Gasteiger partial charge in [0.25, 0.3) is 0 Å². The number of thiophene rings is 1. The van der Waals surface area contributed by atoms with E-state index in [2.05, 4.69) is 52.9 Å². The molecule has 0 spiro atoms. The molecule has 0 aliphatic rings. The Morgan fingerprint density at radius 3 is 2.64 bits per heavy atom. The Labute approximate surface area is 155 Å². The molecule has 130 valence electrons. The highest BCUT2D eigenvalue weighted by atomic mass is 32.1. The van der Waals surface area contributed by atoms with Gasteiger partial charge in [-0.2, -0.15) is 0 Å². The first kappa shape index (κ1) is 17.6. The van der Waals surface area contributed by atoms with E-state index in [0.29, 0.717) is 11.7 Å². The zero-order valence-corrected chi connectivity index (χ0v) is 15.8. The van der Waals surface area contributed by atoms with Crippen LogP contribution in [0.2, 0.25) is 0 Å². The van der Waals surface area contributed by atoms with E-state index in [0.717, 1.165) is 17.0 Å². The van der Waals surface area contributed by atoms with Crippen molar-refractivity contribution in [3.05, 3.63) is 63.3 Å². The highest BCUT2D eigenvalue weighted by Crippen LogP contribution is 2.34. The standard InChI is InChI=1S/C18H20N4OS2/c1-18(2,13-7-4-3-5-8-13)15-21-22-17(25-15)20-16(23)19-11-10-14-9-6-12-24-14/h3-9,12H,10-11H2,1-2H3,(H2,19,20,22,23). The number of carbonyl (C=O) groups is 1. The fourth-order valence-corrected chi connectivity index (χ4v) is 3.97. The van der Waals surface area contributed by atoms with Crippen molar-refractivity contribution in [2.45, 2.75) is 25.7 Å². The number of hydrogen-bond acceptors (Lipinski definition) is 5. The molecule has 3 rings (SSSR count). The third-order valence-electron chi connectivity index (χ3n) is 3.91. The maximum Gasteiger partial charge on any atom is 0.321 e. The second-order valence-electron chi connectivity index (χ2n) is 6.11. The van der Waals surface area contributed by atoms with E-state index in [1.807, 2.05) is 29.6 Å². The summed E-state index contributed by atoms with van der Waals surface area (Å²) >= 11 is 3.09. The van der Waals surface area contributed by atoms with Gasteiger partial charge in [0.15, 0.2) is 0 Å². The average Bonchev–Trinajstić information content (AvgIpc) is 3.28. The quantitative estimate of drug-likeness (QED) is 0.678. The first-order valence-corrected chi connectivity index (χ1v) is 9.72. The zero-order valence-electron chi connectivity index (χ0n) is 14.2. The molecular weight excluding hydrogens is 352 g/mol. The maximum atomic E-state index is 12.0. The third kappa shape index (κ3) is 4.43. The number of aromatic nitrogens is 2. The van der Waals surface area contributed by atoms with Gasteiger partial charge in [0.05, 0.1) is 0 Å². The lowest BCUT2D eigenvalue weighted by molar-refractivity contribution is 0.252. The number of amides is 2. The van der Waals surface area contributed by atoms with Crippen molar-refractivity contribution in [3.8, 4) is 0 Å². The lowest BCUT2D eigenvalue weighted by Crippen LogP contribution is -2.30. The second-order valence-corrected chi connectivity index (χ2v) is 8.12. The lowest BCUT2D eigenvalue weighted by Gasteiger charge is -2.21. The summed E-state index contributed by atoms with van der Waals surface area (Å²) in [6.45, 7) is 4.80. The molecule has 0 aliphatic carbocycles. The van der Waals surface area contributed by atoms with Crippen LogP contribution in [-0.4, -0.2) is 22.8 Å². The van der Waals surface area contributed by atoms with Crippen LogP contribution in [-0.2, 0) is 11.8 Å². The highest BCUT2D eigenvalue weighted by molar-refractivity contribution is 7.15. The molecule has 0 fully saturated rings. The lowest BCUT2D eigenvalue weighted by atomic mass is 9.85. The van der Waals surface area contributed by atoms with Crippen LogP contribution in [0.15, 0.2) is 47.8 Å². The van der Waals surface area contributed by atoms with Gasteiger partial charge >= 0.3 is 6.03 Å². The van der Waals surface area contributed by atoms with E-state index >= 15 is 0 Å². The van der Waals surface area contributed by atoms with Crippen molar-refractivity contribution in [1.29, 1.82) is 0 Å². The molecule has 0 atom stereocenters. The van der Waals surface area contributed by atoms with Gasteiger partial charge in [-0.1, -0.05) is 47.7 Å². The van der Waals surface area contributed by atoms with Crippen molar-refractivity contribution >= 4 is 33.8 Å². The largest absolute Gasteiger partial charge is 0.337 e. The van der Waals surface area contributed by atoms with Crippen LogP contribution in [0.3, 0.4) is 0 Å². The minimum Gasteiger partial charge on any atom is -0.337 e. The Morgan fingerprint density at radius 1 is 1.12 bits per heavy atom. The summed E-state index contributed by atoms with van der Waals surface area (Å²) in [6, 6.07) is 14.0. The topological polar surface area (TPSA) is 66.9 Å². The van der Waals surface area contributed by atoms with Crippen LogP contribution in [0.5, 0.6) is 0 Å². The van der Waals surface area contributed by atoms with Gasteiger partial charge < -0.3 is 5.32 Å². The van der Waals surface area contributed by atoms with E-state index in [4.69, 9.17) is 0 Å². The number of hydrogen-bond donors (Lipinski definition) is 2. The molecule has 0 radical (unpaired) electrons. The summed E-state index contributed by atoms with van der Waals surface area (Å²) in [6.07, 6.45) is 0.827. The van der Waals surface area contributed by atoms with Crippen LogP contribution in [0.1, 0.15) is 29.3 Å². The van der Waals surface area contributed by atoms with Crippen LogP contribution in [0, 0.1) is 0 Å². The van der Waals surface area contributed by atoms with E-state index in [1.165, 1.54) is 16.2 Å². The SMILES string of the molecule is CC(C)(c1ccccc1)c1nnc(NC(=O)NCCc2cccs2)s1. The van der Waals surface area contributed by atoms with Crippen molar-refractivity contribution < 1.29 is 4.79 Å². The molecule has 3 aromatic rings. The number of nitrogens with zero attached hydrogens (tertiary/aromatic N) is 2. The first-order chi connectivity index (χ1) is 12.1. The fourth-order valence-electron chi connectivity index (χ4n) is 2.40. The van der Waals surface area contributed by atoms with Gasteiger partial charge in [-0.15, -0.1) is 21.5 Å².